The highest BCUT2D eigenvalue weighted by atomic mass is 16.6. The van der Waals surface area contributed by atoms with Crippen molar-refractivity contribution < 1.29 is 24.2 Å². The maximum Gasteiger partial charge on any atom is 0.414 e. The normalized spacial score (nSPS) is 11.4. The predicted octanol–water partition coefficient (Wildman–Crippen LogP) is 1.77. The fraction of sp³-hybridized carbons (Fsp3) is 0.786. The molecule has 0 radical (unpaired) electrons. The average molecular weight is 317 g/mol. The topological polar surface area (TPSA) is 109 Å². The molecule has 0 bridgehead atoms. The quantitative estimate of drug-likeness (QED) is 0.417. The summed E-state index contributed by atoms with van der Waals surface area (Å²) in [4.78, 5) is 27.4. The Bertz CT molecular complexity index is 376. The first-order valence-corrected chi connectivity index (χ1v) is 7.08. The van der Waals surface area contributed by atoms with Crippen LogP contribution in [0, 0.1) is 0 Å². The van der Waals surface area contributed by atoms with Crippen molar-refractivity contribution in [1.82, 2.24) is 10.6 Å². The number of carbonyl (C=O) groups excluding carboxylic acids is 2. The molecule has 0 heterocycles. The van der Waals surface area contributed by atoms with Gasteiger partial charge >= 0.3 is 12.2 Å². The minimum absolute atomic E-state index is 0.0460. The van der Waals surface area contributed by atoms with Crippen LogP contribution in [0.1, 0.15) is 48.0 Å². The summed E-state index contributed by atoms with van der Waals surface area (Å²) in [5.74, 6) is -0.0862. The summed E-state index contributed by atoms with van der Waals surface area (Å²) in [6.45, 7) is 10.5. The number of guanidine groups is 1. The second kappa shape index (κ2) is 8.57. The number of hydrogen-bond donors (Lipinski definition) is 3. The first-order chi connectivity index (χ1) is 9.93. The first-order valence-electron chi connectivity index (χ1n) is 7.08. The molecular weight excluding hydrogens is 290 g/mol. The Morgan fingerprint density at radius 1 is 0.955 bits per heavy atom. The maximum absolute atomic E-state index is 11.7. The number of amides is 2. The fourth-order valence-electron chi connectivity index (χ4n) is 1.17. The Hall–Kier alpha value is -1.83. The third-order valence-corrected chi connectivity index (χ3v) is 1.82. The molecule has 0 spiro atoms. The summed E-state index contributed by atoms with van der Waals surface area (Å²) in [6.07, 6.45) is -1.09. The molecule has 0 aromatic rings. The highest BCUT2D eigenvalue weighted by molar-refractivity contribution is 6.01. The standard InChI is InChI=1S/C14H27N3O5/c1-13(2,3)21-11(19)16-10(15-8-7-9-18)17-12(20)22-14(4,5)6/h18H,7-9H2,1-6H3,(H2,15,16,17,19,20). The number of rotatable bonds is 3. The third-order valence-electron chi connectivity index (χ3n) is 1.82. The van der Waals surface area contributed by atoms with Crippen LogP contribution in [0.4, 0.5) is 9.59 Å². The second-order valence-electron chi connectivity index (χ2n) is 6.56. The number of nitrogens with one attached hydrogen (secondary N) is 2. The van der Waals surface area contributed by atoms with Crippen LogP contribution in [0.3, 0.4) is 0 Å². The summed E-state index contributed by atoms with van der Waals surface area (Å²) < 4.78 is 10.2. The van der Waals surface area contributed by atoms with Gasteiger partial charge in [0.05, 0.1) is 0 Å². The zero-order chi connectivity index (χ0) is 17.4. The molecule has 0 saturated carbocycles. The first kappa shape index (κ1) is 20.2. The molecule has 0 rings (SSSR count). The van der Waals surface area contributed by atoms with Crippen LogP contribution >= 0.6 is 0 Å². The predicted molar refractivity (Wildman–Crippen MR) is 82.7 cm³/mol. The Morgan fingerprint density at radius 2 is 1.36 bits per heavy atom. The van der Waals surface area contributed by atoms with Gasteiger partial charge in [-0.15, -0.1) is 0 Å². The molecule has 0 aliphatic carbocycles. The van der Waals surface area contributed by atoms with Crippen LogP contribution in [-0.2, 0) is 9.47 Å². The zero-order valence-electron chi connectivity index (χ0n) is 14.1. The summed E-state index contributed by atoms with van der Waals surface area (Å²) >= 11 is 0. The molecule has 0 aromatic carbocycles. The van der Waals surface area contributed by atoms with E-state index >= 15 is 0 Å². The highest BCUT2D eigenvalue weighted by Crippen LogP contribution is 2.07. The summed E-state index contributed by atoms with van der Waals surface area (Å²) in [5.41, 5.74) is -1.35. The monoisotopic (exact) mass is 317 g/mol. The summed E-state index contributed by atoms with van der Waals surface area (Å²) in [5, 5.41) is 13.4. The van der Waals surface area contributed by atoms with Crippen molar-refractivity contribution in [2.24, 2.45) is 4.99 Å². The van der Waals surface area contributed by atoms with Crippen LogP contribution in [0.25, 0.3) is 0 Å². The van der Waals surface area contributed by atoms with Gasteiger partial charge in [-0.3, -0.25) is 15.6 Å². The molecule has 0 fully saturated rings. The minimum atomic E-state index is -0.744. The number of alkyl carbamates (subject to hydrolysis) is 2. The van der Waals surface area contributed by atoms with Crippen LogP contribution in [0.2, 0.25) is 0 Å². The van der Waals surface area contributed by atoms with Gasteiger partial charge in [-0.25, -0.2) is 9.59 Å². The number of nitrogens with zero attached hydrogens (tertiary/aromatic N) is 1. The van der Waals surface area contributed by atoms with Gasteiger partial charge in [0, 0.05) is 13.2 Å². The number of aliphatic hydroxyl groups is 1. The number of aliphatic imine (C=N–C) groups is 1. The van der Waals surface area contributed by atoms with Gasteiger partial charge in [0.15, 0.2) is 0 Å². The van der Waals surface area contributed by atoms with Crippen LogP contribution in [0.15, 0.2) is 4.99 Å². The molecule has 128 valence electrons. The lowest BCUT2D eigenvalue weighted by Crippen LogP contribution is -2.47. The van der Waals surface area contributed by atoms with E-state index in [1.807, 2.05) is 0 Å². The molecule has 0 aromatic heterocycles. The van der Waals surface area contributed by atoms with Gasteiger partial charge in [-0.2, -0.15) is 0 Å². The molecule has 2 amide bonds. The maximum atomic E-state index is 11.7. The number of aliphatic hydroxyl groups excluding tert-OH is 1. The van der Waals surface area contributed by atoms with Crippen LogP contribution < -0.4 is 10.6 Å². The highest BCUT2D eigenvalue weighted by Gasteiger charge is 2.21. The molecule has 3 N–H and O–H groups in total. The lowest BCUT2D eigenvalue weighted by Gasteiger charge is -2.22. The third kappa shape index (κ3) is 12.0. The largest absolute Gasteiger partial charge is 0.444 e. The Labute approximate surface area is 131 Å². The van der Waals surface area contributed by atoms with Crippen molar-refractivity contribution in [2.45, 2.75) is 59.2 Å². The van der Waals surface area contributed by atoms with Crippen LogP contribution in [-0.4, -0.2) is 47.6 Å². The van der Waals surface area contributed by atoms with Crippen molar-refractivity contribution in [3.63, 3.8) is 0 Å². The van der Waals surface area contributed by atoms with Gasteiger partial charge in [-0.05, 0) is 48.0 Å². The number of carbonyl (C=O) groups is 2. The van der Waals surface area contributed by atoms with E-state index in [-0.39, 0.29) is 19.1 Å². The molecule has 22 heavy (non-hydrogen) atoms. The van der Waals surface area contributed by atoms with Gasteiger partial charge in [-0.1, -0.05) is 0 Å². The molecule has 0 unspecified atom stereocenters. The summed E-state index contributed by atoms with van der Waals surface area (Å²) in [6, 6.07) is 0. The molecule has 0 aliphatic heterocycles. The zero-order valence-corrected chi connectivity index (χ0v) is 14.1. The van der Waals surface area contributed by atoms with Crippen molar-refractivity contribution in [2.75, 3.05) is 13.2 Å². The lowest BCUT2D eigenvalue weighted by atomic mass is 10.2. The van der Waals surface area contributed by atoms with E-state index in [2.05, 4.69) is 15.6 Å². The molecule has 0 aliphatic rings. The van der Waals surface area contributed by atoms with E-state index in [1.54, 1.807) is 41.5 Å². The van der Waals surface area contributed by atoms with Gasteiger partial charge in [0.2, 0.25) is 5.96 Å². The SMILES string of the molecule is CC(C)(C)OC(=O)NC(=NCCCO)NC(=O)OC(C)(C)C. The Kier molecular flexibility index (Phi) is 7.86. The Balaban J connectivity index is 4.73. The lowest BCUT2D eigenvalue weighted by molar-refractivity contribution is 0.0545. The van der Waals surface area contributed by atoms with Crippen molar-refractivity contribution in [1.29, 1.82) is 0 Å². The van der Waals surface area contributed by atoms with Crippen LogP contribution in [0.5, 0.6) is 0 Å². The van der Waals surface area contributed by atoms with Gasteiger partial charge in [0.1, 0.15) is 11.2 Å². The number of ether oxygens (including phenoxy) is 2. The summed E-state index contributed by atoms with van der Waals surface area (Å²) in [7, 11) is 0. The van der Waals surface area contributed by atoms with Crippen molar-refractivity contribution in [3.8, 4) is 0 Å². The molecule has 8 heteroatoms. The van der Waals surface area contributed by atoms with E-state index < -0.39 is 23.4 Å². The molecular formula is C14H27N3O5. The van der Waals surface area contributed by atoms with Gasteiger partial charge < -0.3 is 14.6 Å². The average Bonchev–Trinajstić information content (AvgIpc) is 2.23. The number of hydrogen-bond acceptors (Lipinski definition) is 6. The van der Waals surface area contributed by atoms with Crippen molar-refractivity contribution >= 4 is 18.1 Å². The second-order valence-corrected chi connectivity index (χ2v) is 6.56. The van der Waals surface area contributed by atoms with E-state index in [0.717, 1.165) is 0 Å². The fourth-order valence-corrected chi connectivity index (χ4v) is 1.17. The van der Waals surface area contributed by atoms with E-state index in [9.17, 15) is 9.59 Å². The van der Waals surface area contributed by atoms with E-state index in [0.29, 0.717) is 6.42 Å². The van der Waals surface area contributed by atoms with E-state index in [4.69, 9.17) is 14.6 Å². The van der Waals surface area contributed by atoms with Crippen molar-refractivity contribution in [3.05, 3.63) is 0 Å². The molecule has 0 atom stereocenters. The van der Waals surface area contributed by atoms with E-state index in [1.165, 1.54) is 0 Å². The Morgan fingerprint density at radius 3 is 1.68 bits per heavy atom. The molecule has 8 nitrogen and oxygen atoms in total. The molecule has 0 saturated heterocycles. The minimum Gasteiger partial charge on any atom is -0.444 e. The van der Waals surface area contributed by atoms with Gasteiger partial charge in [0.25, 0.3) is 0 Å². The smallest absolute Gasteiger partial charge is 0.414 e.